The van der Waals surface area contributed by atoms with Crippen molar-refractivity contribution in [2.24, 2.45) is 5.73 Å². The van der Waals surface area contributed by atoms with Gasteiger partial charge in [-0.15, -0.1) is 0 Å². The molecule has 0 spiro atoms. The Kier molecular flexibility index (Phi) is 9.86. The molecule has 0 aliphatic carbocycles. The van der Waals surface area contributed by atoms with E-state index in [0.29, 0.717) is 5.56 Å². The Morgan fingerprint density at radius 1 is 0.784 bits per heavy atom. The van der Waals surface area contributed by atoms with Gasteiger partial charge in [0.2, 0.25) is 11.8 Å². The number of benzene rings is 3. The van der Waals surface area contributed by atoms with Crippen molar-refractivity contribution in [1.29, 1.82) is 0 Å². The van der Waals surface area contributed by atoms with Crippen LogP contribution in [0.3, 0.4) is 0 Å². The summed E-state index contributed by atoms with van der Waals surface area (Å²) in [5.41, 5.74) is 7.53. The van der Waals surface area contributed by atoms with Crippen molar-refractivity contribution in [3.63, 3.8) is 0 Å². The molecule has 2 atom stereocenters. The average Bonchev–Trinajstić information content (AvgIpc) is 2.92. The number of carbonyl (C=O) groups excluding carboxylic acids is 3. The first kappa shape index (κ1) is 27.0. The summed E-state index contributed by atoms with van der Waals surface area (Å²) >= 11 is 0. The number of esters is 1. The molecular weight excluding hydrogens is 476 g/mol. The van der Waals surface area contributed by atoms with E-state index in [1.165, 1.54) is 24.3 Å². The summed E-state index contributed by atoms with van der Waals surface area (Å²) in [5, 5.41) is 16.2. The number of nitrogens with zero attached hydrogens (tertiary/aromatic N) is 1. The maximum absolute atomic E-state index is 13.2. The molecule has 2 amide bonds. The molecule has 3 rings (SSSR count). The van der Waals surface area contributed by atoms with Crippen LogP contribution in [-0.4, -0.2) is 41.3 Å². The maximum Gasteiger partial charge on any atom is 0.329 e. The predicted molar refractivity (Wildman–Crippen MR) is 136 cm³/mol. The molecule has 0 saturated carbocycles. The Bertz CT molecular complexity index is 1200. The van der Waals surface area contributed by atoms with Gasteiger partial charge in [0.1, 0.15) is 18.7 Å². The van der Waals surface area contributed by atoms with E-state index < -0.39 is 34.8 Å². The number of non-ortho nitro benzene ring substituents is 1. The molecule has 0 aliphatic rings. The highest BCUT2D eigenvalue weighted by molar-refractivity contribution is 5.91. The summed E-state index contributed by atoms with van der Waals surface area (Å²) in [6.45, 7) is -0.418. The fraction of sp³-hybridized carbons (Fsp3) is 0.222. The van der Waals surface area contributed by atoms with Gasteiger partial charge in [0.25, 0.3) is 5.69 Å². The SMILES string of the molecule is NCC(=O)NC(Cc1ccccc1)C(=O)NC(Cc1ccccc1)C(=O)OCc1ccc([N+](=O)[O-])cc1. The lowest BCUT2D eigenvalue weighted by molar-refractivity contribution is -0.384. The molecule has 4 N–H and O–H groups in total. The number of nitrogens with two attached hydrogens (primary N) is 1. The molecule has 0 aromatic heterocycles. The second-order valence-electron chi connectivity index (χ2n) is 8.30. The molecule has 0 heterocycles. The Balaban J connectivity index is 1.74. The fourth-order valence-corrected chi connectivity index (χ4v) is 3.60. The molecule has 10 heteroatoms. The Morgan fingerprint density at radius 3 is 1.84 bits per heavy atom. The van der Waals surface area contributed by atoms with Crippen molar-refractivity contribution in [2.75, 3.05) is 6.54 Å². The van der Waals surface area contributed by atoms with Crippen molar-refractivity contribution in [3.8, 4) is 0 Å². The third-order valence-electron chi connectivity index (χ3n) is 5.53. The molecule has 192 valence electrons. The summed E-state index contributed by atoms with van der Waals surface area (Å²) in [4.78, 5) is 48.6. The van der Waals surface area contributed by atoms with Crippen molar-refractivity contribution in [2.45, 2.75) is 31.5 Å². The van der Waals surface area contributed by atoms with E-state index in [1.807, 2.05) is 60.7 Å². The van der Waals surface area contributed by atoms with E-state index >= 15 is 0 Å². The molecule has 3 aromatic rings. The van der Waals surface area contributed by atoms with Crippen molar-refractivity contribution < 1.29 is 24.0 Å². The van der Waals surface area contributed by atoms with Crippen LogP contribution in [0.1, 0.15) is 16.7 Å². The molecule has 0 aliphatic heterocycles. The number of ether oxygens (including phenoxy) is 1. The Morgan fingerprint density at radius 2 is 1.32 bits per heavy atom. The second-order valence-corrected chi connectivity index (χ2v) is 8.30. The topological polar surface area (TPSA) is 154 Å². The lowest BCUT2D eigenvalue weighted by atomic mass is 10.0. The molecule has 3 aromatic carbocycles. The highest BCUT2D eigenvalue weighted by atomic mass is 16.6. The van der Waals surface area contributed by atoms with Gasteiger partial charge < -0.3 is 21.1 Å². The van der Waals surface area contributed by atoms with Gasteiger partial charge in [-0.05, 0) is 28.8 Å². The highest BCUT2D eigenvalue weighted by Gasteiger charge is 2.28. The van der Waals surface area contributed by atoms with Gasteiger partial charge in [0.15, 0.2) is 0 Å². The standard InChI is InChI=1S/C27H28N4O6/c28-17-25(32)29-23(15-19-7-3-1-4-8-19)26(33)30-24(16-20-9-5-2-6-10-20)27(34)37-18-21-11-13-22(14-12-21)31(35)36/h1-14,23-24H,15-18,28H2,(H,29,32)(H,30,33). The minimum atomic E-state index is -1.04. The number of rotatable bonds is 12. The van der Waals surface area contributed by atoms with E-state index in [1.54, 1.807) is 0 Å². The zero-order valence-corrected chi connectivity index (χ0v) is 20.0. The average molecular weight is 505 g/mol. The van der Waals surface area contributed by atoms with Gasteiger partial charge in [-0.3, -0.25) is 19.7 Å². The van der Waals surface area contributed by atoms with Crippen LogP contribution < -0.4 is 16.4 Å². The van der Waals surface area contributed by atoms with Crippen LogP contribution in [0.4, 0.5) is 5.69 Å². The summed E-state index contributed by atoms with van der Waals surface area (Å²) in [6, 6.07) is 21.9. The Labute approximate surface area is 214 Å². The number of hydrogen-bond acceptors (Lipinski definition) is 7. The minimum absolute atomic E-state index is 0.0757. The van der Waals surface area contributed by atoms with Crippen LogP contribution in [0.2, 0.25) is 0 Å². The summed E-state index contributed by atoms with van der Waals surface area (Å²) in [6.07, 6.45) is 0.364. The fourth-order valence-electron chi connectivity index (χ4n) is 3.60. The number of amides is 2. The first-order valence-electron chi connectivity index (χ1n) is 11.6. The molecule has 0 radical (unpaired) electrons. The maximum atomic E-state index is 13.2. The van der Waals surface area contributed by atoms with Gasteiger partial charge in [0.05, 0.1) is 11.5 Å². The van der Waals surface area contributed by atoms with Gasteiger partial charge in [-0.25, -0.2) is 4.79 Å². The van der Waals surface area contributed by atoms with Crippen LogP contribution in [-0.2, 0) is 38.6 Å². The van der Waals surface area contributed by atoms with E-state index in [2.05, 4.69) is 10.6 Å². The smallest absolute Gasteiger partial charge is 0.329 e. The number of nitro benzene ring substituents is 1. The van der Waals surface area contributed by atoms with Gasteiger partial charge in [-0.1, -0.05) is 60.7 Å². The number of nitro groups is 1. The van der Waals surface area contributed by atoms with E-state index in [0.717, 1.165) is 11.1 Å². The molecule has 37 heavy (non-hydrogen) atoms. The zero-order valence-electron chi connectivity index (χ0n) is 20.0. The molecule has 0 bridgehead atoms. The van der Waals surface area contributed by atoms with Crippen molar-refractivity contribution in [3.05, 3.63) is 112 Å². The van der Waals surface area contributed by atoms with E-state index in [9.17, 15) is 24.5 Å². The lowest BCUT2D eigenvalue weighted by Gasteiger charge is -2.23. The molecular formula is C27H28N4O6. The van der Waals surface area contributed by atoms with Gasteiger partial charge in [-0.2, -0.15) is 0 Å². The quantitative estimate of drug-likeness (QED) is 0.194. The first-order valence-corrected chi connectivity index (χ1v) is 11.6. The summed E-state index contributed by atoms with van der Waals surface area (Å²) in [7, 11) is 0. The highest BCUT2D eigenvalue weighted by Crippen LogP contribution is 2.14. The summed E-state index contributed by atoms with van der Waals surface area (Å²) in [5.74, 6) is -1.74. The zero-order chi connectivity index (χ0) is 26.6. The van der Waals surface area contributed by atoms with Crippen LogP contribution >= 0.6 is 0 Å². The largest absolute Gasteiger partial charge is 0.459 e. The predicted octanol–water partition coefficient (Wildman–Crippen LogP) is 2.05. The van der Waals surface area contributed by atoms with Crippen LogP contribution in [0.25, 0.3) is 0 Å². The van der Waals surface area contributed by atoms with Crippen molar-refractivity contribution >= 4 is 23.5 Å². The summed E-state index contributed by atoms with van der Waals surface area (Å²) < 4.78 is 5.43. The van der Waals surface area contributed by atoms with Gasteiger partial charge >= 0.3 is 5.97 Å². The molecule has 0 fully saturated rings. The second kappa shape index (κ2) is 13.5. The minimum Gasteiger partial charge on any atom is -0.459 e. The Hall–Kier alpha value is -4.57. The number of nitrogens with one attached hydrogen (secondary N) is 2. The molecule has 0 saturated heterocycles. The number of hydrogen-bond donors (Lipinski definition) is 3. The van der Waals surface area contributed by atoms with Crippen LogP contribution in [0.15, 0.2) is 84.9 Å². The molecule has 10 nitrogen and oxygen atoms in total. The first-order chi connectivity index (χ1) is 17.9. The molecule has 2 unspecified atom stereocenters. The van der Waals surface area contributed by atoms with Gasteiger partial charge in [0, 0.05) is 25.0 Å². The van der Waals surface area contributed by atoms with Crippen LogP contribution in [0.5, 0.6) is 0 Å². The number of carbonyl (C=O) groups is 3. The van der Waals surface area contributed by atoms with E-state index in [4.69, 9.17) is 10.5 Å². The normalized spacial score (nSPS) is 12.1. The third-order valence-corrected chi connectivity index (χ3v) is 5.53. The van der Waals surface area contributed by atoms with Crippen LogP contribution in [0, 0.1) is 10.1 Å². The van der Waals surface area contributed by atoms with Crippen molar-refractivity contribution in [1.82, 2.24) is 10.6 Å². The van der Waals surface area contributed by atoms with E-state index in [-0.39, 0.29) is 31.7 Å². The monoisotopic (exact) mass is 504 g/mol. The lowest BCUT2D eigenvalue weighted by Crippen LogP contribution is -2.54. The third kappa shape index (κ3) is 8.55.